The van der Waals surface area contributed by atoms with Crippen molar-refractivity contribution in [1.82, 2.24) is 9.80 Å². The third-order valence-corrected chi connectivity index (χ3v) is 3.56. The minimum absolute atomic E-state index is 0.0649. The van der Waals surface area contributed by atoms with E-state index in [9.17, 15) is 9.59 Å². The lowest BCUT2D eigenvalue weighted by molar-refractivity contribution is -0.114. The first-order chi connectivity index (χ1) is 9.60. The van der Waals surface area contributed by atoms with E-state index in [4.69, 9.17) is 0 Å². The van der Waals surface area contributed by atoms with Gasteiger partial charge in [0.05, 0.1) is 0 Å². The van der Waals surface area contributed by atoms with Gasteiger partial charge in [0.25, 0.3) is 5.91 Å². The van der Waals surface area contributed by atoms with Gasteiger partial charge in [0.15, 0.2) is 0 Å². The average molecular weight is 275 g/mol. The van der Waals surface area contributed by atoms with E-state index < -0.39 is 0 Å². The molecule has 2 rings (SSSR count). The third kappa shape index (κ3) is 3.57. The summed E-state index contributed by atoms with van der Waals surface area (Å²) in [7, 11) is 0. The Labute approximate surface area is 119 Å². The van der Waals surface area contributed by atoms with Crippen LogP contribution in [0.4, 0.5) is 5.69 Å². The van der Waals surface area contributed by atoms with Gasteiger partial charge in [-0.05, 0) is 30.8 Å². The molecule has 0 aromatic heterocycles. The molecule has 20 heavy (non-hydrogen) atoms. The number of amides is 2. The van der Waals surface area contributed by atoms with E-state index in [1.165, 1.54) is 6.92 Å². The lowest BCUT2D eigenvalue weighted by atomic mass is 10.1. The zero-order chi connectivity index (χ0) is 14.5. The molecule has 1 saturated heterocycles. The summed E-state index contributed by atoms with van der Waals surface area (Å²) in [6.45, 7) is 8.07. The highest BCUT2D eigenvalue weighted by Crippen LogP contribution is 2.13. The molecule has 108 valence electrons. The molecule has 0 atom stereocenters. The van der Waals surface area contributed by atoms with Crippen LogP contribution >= 0.6 is 0 Å². The molecule has 5 heteroatoms. The van der Waals surface area contributed by atoms with Crippen LogP contribution in [0.15, 0.2) is 24.3 Å². The second-order valence-corrected chi connectivity index (χ2v) is 4.98. The van der Waals surface area contributed by atoms with Crippen molar-refractivity contribution in [3.63, 3.8) is 0 Å². The molecule has 1 aliphatic heterocycles. The zero-order valence-corrected chi connectivity index (χ0v) is 12.1. The smallest absolute Gasteiger partial charge is 0.253 e. The van der Waals surface area contributed by atoms with E-state index in [-0.39, 0.29) is 11.8 Å². The Hall–Kier alpha value is -1.88. The Morgan fingerprint density at radius 1 is 1.10 bits per heavy atom. The van der Waals surface area contributed by atoms with Gasteiger partial charge >= 0.3 is 0 Å². The number of carbonyl (C=O) groups is 2. The molecule has 1 fully saturated rings. The Kier molecular flexibility index (Phi) is 4.74. The zero-order valence-electron chi connectivity index (χ0n) is 12.1. The van der Waals surface area contributed by atoms with Crippen LogP contribution in [-0.2, 0) is 4.79 Å². The first kappa shape index (κ1) is 14.5. The van der Waals surface area contributed by atoms with Crippen LogP contribution in [0.1, 0.15) is 24.2 Å². The summed E-state index contributed by atoms with van der Waals surface area (Å²) < 4.78 is 0. The summed E-state index contributed by atoms with van der Waals surface area (Å²) in [6, 6.07) is 7.05. The summed E-state index contributed by atoms with van der Waals surface area (Å²) in [4.78, 5) is 27.5. The van der Waals surface area contributed by atoms with Crippen LogP contribution in [-0.4, -0.2) is 54.3 Å². The maximum absolute atomic E-state index is 12.3. The van der Waals surface area contributed by atoms with Gasteiger partial charge in [0, 0.05) is 44.4 Å². The van der Waals surface area contributed by atoms with E-state index in [1.807, 2.05) is 4.90 Å². The summed E-state index contributed by atoms with van der Waals surface area (Å²) in [5, 5.41) is 2.69. The Morgan fingerprint density at radius 3 is 2.20 bits per heavy atom. The predicted octanol–water partition coefficient (Wildman–Crippen LogP) is 1.42. The fourth-order valence-corrected chi connectivity index (χ4v) is 2.35. The van der Waals surface area contributed by atoms with Crippen LogP contribution < -0.4 is 5.32 Å². The number of benzene rings is 1. The Bertz CT molecular complexity index is 476. The molecule has 0 bridgehead atoms. The first-order valence-corrected chi connectivity index (χ1v) is 6.99. The van der Waals surface area contributed by atoms with Gasteiger partial charge in [0.1, 0.15) is 0 Å². The van der Waals surface area contributed by atoms with Gasteiger partial charge in [-0.2, -0.15) is 0 Å². The maximum atomic E-state index is 12.3. The van der Waals surface area contributed by atoms with Crippen LogP contribution in [0, 0.1) is 0 Å². The molecule has 5 nitrogen and oxygen atoms in total. The molecule has 1 heterocycles. The molecule has 0 saturated carbocycles. The van der Waals surface area contributed by atoms with E-state index in [0.717, 1.165) is 32.7 Å². The lowest BCUT2D eigenvalue weighted by Crippen LogP contribution is -2.48. The molecule has 0 spiro atoms. The van der Waals surface area contributed by atoms with E-state index in [2.05, 4.69) is 17.1 Å². The number of hydrogen-bond acceptors (Lipinski definition) is 3. The molecular weight excluding hydrogens is 254 g/mol. The normalized spacial score (nSPS) is 16.0. The van der Waals surface area contributed by atoms with Gasteiger partial charge in [0.2, 0.25) is 5.91 Å². The highest BCUT2D eigenvalue weighted by atomic mass is 16.2. The van der Waals surface area contributed by atoms with Crippen LogP contribution in [0.2, 0.25) is 0 Å². The summed E-state index contributed by atoms with van der Waals surface area (Å²) >= 11 is 0. The van der Waals surface area contributed by atoms with Gasteiger partial charge < -0.3 is 15.1 Å². The van der Waals surface area contributed by atoms with Gasteiger partial charge in [-0.15, -0.1) is 0 Å². The Morgan fingerprint density at radius 2 is 1.70 bits per heavy atom. The summed E-state index contributed by atoms with van der Waals surface area (Å²) in [5.41, 5.74) is 1.38. The van der Waals surface area contributed by atoms with Crippen molar-refractivity contribution in [2.45, 2.75) is 13.8 Å². The van der Waals surface area contributed by atoms with Gasteiger partial charge in [-0.1, -0.05) is 6.92 Å². The molecule has 0 unspecified atom stereocenters. The van der Waals surface area contributed by atoms with Crippen LogP contribution in [0.5, 0.6) is 0 Å². The highest BCUT2D eigenvalue weighted by Gasteiger charge is 2.21. The molecular formula is C15H21N3O2. The standard InChI is InChI=1S/C15H21N3O2/c1-3-17-8-10-18(11-9-17)15(20)13-4-6-14(7-5-13)16-12(2)19/h4-7H,3,8-11H2,1-2H3,(H,16,19). The maximum Gasteiger partial charge on any atom is 0.253 e. The monoisotopic (exact) mass is 275 g/mol. The number of nitrogens with zero attached hydrogens (tertiary/aromatic N) is 2. The first-order valence-electron chi connectivity index (χ1n) is 6.99. The molecule has 2 amide bonds. The van der Waals surface area contributed by atoms with Crippen molar-refractivity contribution in [2.75, 3.05) is 38.0 Å². The van der Waals surface area contributed by atoms with Crippen molar-refractivity contribution < 1.29 is 9.59 Å². The molecule has 0 radical (unpaired) electrons. The number of hydrogen-bond donors (Lipinski definition) is 1. The second-order valence-electron chi connectivity index (χ2n) is 4.98. The fourth-order valence-electron chi connectivity index (χ4n) is 2.35. The van der Waals surface area contributed by atoms with Crippen molar-refractivity contribution in [3.8, 4) is 0 Å². The van der Waals surface area contributed by atoms with Crippen molar-refractivity contribution in [1.29, 1.82) is 0 Å². The second kappa shape index (κ2) is 6.52. The number of carbonyl (C=O) groups excluding carboxylic acids is 2. The van der Waals surface area contributed by atoms with E-state index in [1.54, 1.807) is 24.3 Å². The summed E-state index contributed by atoms with van der Waals surface area (Å²) in [6.07, 6.45) is 0. The third-order valence-electron chi connectivity index (χ3n) is 3.56. The van der Waals surface area contributed by atoms with Gasteiger partial charge in [-0.25, -0.2) is 0 Å². The van der Waals surface area contributed by atoms with E-state index >= 15 is 0 Å². The number of likely N-dealkylation sites (N-methyl/N-ethyl adjacent to an activating group) is 1. The lowest BCUT2D eigenvalue weighted by Gasteiger charge is -2.34. The summed E-state index contributed by atoms with van der Waals surface area (Å²) in [5.74, 6) is -0.0464. The van der Waals surface area contributed by atoms with Crippen molar-refractivity contribution in [2.24, 2.45) is 0 Å². The molecule has 1 aromatic rings. The minimum Gasteiger partial charge on any atom is -0.336 e. The molecule has 1 aliphatic rings. The Balaban J connectivity index is 1.97. The highest BCUT2D eigenvalue weighted by molar-refractivity contribution is 5.95. The molecule has 0 aliphatic carbocycles. The van der Waals surface area contributed by atoms with Crippen molar-refractivity contribution in [3.05, 3.63) is 29.8 Å². The molecule has 1 N–H and O–H groups in total. The topological polar surface area (TPSA) is 52.6 Å². The van der Waals surface area contributed by atoms with Gasteiger partial charge in [-0.3, -0.25) is 9.59 Å². The number of anilines is 1. The van der Waals surface area contributed by atoms with Crippen LogP contribution in [0.25, 0.3) is 0 Å². The number of rotatable bonds is 3. The predicted molar refractivity (Wildman–Crippen MR) is 78.8 cm³/mol. The number of nitrogens with one attached hydrogen (secondary N) is 1. The van der Waals surface area contributed by atoms with E-state index in [0.29, 0.717) is 11.3 Å². The molecule has 1 aromatic carbocycles. The quantitative estimate of drug-likeness (QED) is 0.907. The number of piperazine rings is 1. The van der Waals surface area contributed by atoms with Crippen molar-refractivity contribution >= 4 is 17.5 Å². The minimum atomic E-state index is -0.111. The largest absolute Gasteiger partial charge is 0.336 e. The van der Waals surface area contributed by atoms with Crippen LogP contribution in [0.3, 0.4) is 0 Å². The average Bonchev–Trinajstić information content (AvgIpc) is 2.47. The fraction of sp³-hybridized carbons (Fsp3) is 0.467. The SMILES string of the molecule is CCN1CCN(C(=O)c2ccc(NC(C)=O)cc2)CC1.